The normalized spacial score (nSPS) is 10.3. The minimum absolute atomic E-state index is 0.0943. The van der Waals surface area contributed by atoms with Crippen molar-refractivity contribution in [1.82, 2.24) is 10.2 Å². The summed E-state index contributed by atoms with van der Waals surface area (Å²) in [5.74, 6) is -1.11. The van der Waals surface area contributed by atoms with Crippen LogP contribution >= 0.6 is 11.3 Å². The summed E-state index contributed by atoms with van der Waals surface area (Å²) >= 11 is 1.28. The van der Waals surface area contributed by atoms with Crippen molar-refractivity contribution in [3.05, 3.63) is 40.7 Å². The summed E-state index contributed by atoms with van der Waals surface area (Å²) in [7, 11) is 0. The van der Waals surface area contributed by atoms with Crippen LogP contribution in [0.15, 0.2) is 24.3 Å². The van der Waals surface area contributed by atoms with Gasteiger partial charge in [0, 0.05) is 18.4 Å². The van der Waals surface area contributed by atoms with Crippen molar-refractivity contribution >= 4 is 28.3 Å². The minimum Gasteiger partial charge on any atom is -0.461 e. The van der Waals surface area contributed by atoms with Gasteiger partial charge in [-0.05, 0) is 19.4 Å². The third-order valence-corrected chi connectivity index (χ3v) is 3.66. The molecule has 0 aliphatic carbocycles. The Morgan fingerprint density at radius 3 is 2.74 bits per heavy atom. The molecule has 0 aliphatic rings. The van der Waals surface area contributed by atoms with E-state index in [-0.39, 0.29) is 25.4 Å². The second-order valence-corrected chi connectivity index (χ2v) is 5.96. The van der Waals surface area contributed by atoms with Crippen LogP contribution in [-0.4, -0.2) is 22.1 Å². The summed E-state index contributed by atoms with van der Waals surface area (Å²) < 4.78 is 18.3. The average Bonchev–Trinajstić information content (AvgIpc) is 2.91. The zero-order chi connectivity index (χ0) is 16.7. The van der Waals surface area contributed by atoms with Crippen LogP contribution in [-0.2, 0) is 20.9 Å². The van der Waals surface area contributed by atoms with Gasteiger partial charge in [0.25, 0.3) is 0 Å². The van der Waals surface area contributed by atoms with Gasteiger partial charge in [0.05, 0.1) is 0 Å². The standard InChI is InChI=1S/C15H16FN3O3S/c1-10-18-19-15(23-10)17-13(20)7-4-8-14(21)22-9-11-5-2-3-6-12(11)16/h2-3,5-6H,4,7-9H2,1H3,(H,17,19,20). The first-order chi connectivity index (χ1) is 11.0. The molecule has 0 fully saturated rings. The number of amides is 1. The van der Waals surface area contributed by atoms with E-state index in [2.05, 4.69) is 15.5 Å². The van der Waals surface area contributed by atoms with Gasteiger partial charge in [0.15, 0.2) is 0 Å². The molecule has 1 amide bonds. The molecule has 0 unspecified atom stereocenters. The number of nitrogens with one attached hydrogen (secondary N) is 1. The lowest BCUT2D eigenvalue weighted by Crippen LogP contribution is -2.12. The largest absolute Gasteiger partial charge is 0.461 e. The molecule has 23 heavy (non-hydrogen) atoms. The predicted octanol–water partition coefficient (Wildman–Crippen LogP) is 2.84. The monoisotopic (exact) mass is 337 g/mol. The summed E-state index contributed by atoms with van der Waals surface area (Å²) in [4.78, 5) is 23.2. The third-order valence-electron chi connectivity index (χ3n) is 2.90. The first kappa shape index (κ1) is 17.0. The van der Waals surface area contributed by atoms with Gasteiger partial charge in [-0.15, -0.1) is 10.2 Å². The fourth-order valence-electron chi connectivity index (χ4n) is 1.77. The van der Waals surface area contributed by atoms with Gasteiger partial charge >= 0.3 is 5.97 Å². The Morgan fingerprint density at radius 1 is 1.26 bits per heavy atom. The van der Waals surface area contributed by atoms with E-state index in [0.717, 1.165) is 5.01 Å². The van der Waals surface area contributed by atoms with Crippen LogP contribution in [0.25, 0.3) is 0 Å². The minimum atomic E-state index is -0.465. The van der Waals surface area contributed by atoms with Gasteiger partial charge in [0.2, 0.25) is 11.0 Å². The molecule has 8 heteroatoms. The van der Waals surface area contributed by atoms with Crippen molar-refractivity contribution in [2.45, 2.75) is 32.8 Å². The highest BCUT2D eigenvalue weighted by Gasteiger charge is 2.10. The molecule has 1 heterocycles. The number of benzene rings is 1. The van der Waals surface area contributed by atoms with Gasteiger partial charge in [-0.25, -0.2) is 4.39 Å². The van der Waals surface area contributed by atoms with E-state index in [1.54, 1.807) is 25.1 Å². The lowest BCUT2D eigenvalue weighted by atomic mass is 10.2. The van der Waals surface area contributed by atoms with Crippen LogP contribution in [0.2, 0.25) is 0 Å². The van der Waals surface area contributed by atoms with Gasteiger partial charge in [-0.1, -0.05) is 29.5 Å². The van der Waals surface area contributed by atoms with Gasteiger partial charge < -0.3 is 10.1 Å². The number of anilines is 1. The van der Waals surface area contributed by atoms with Crippen molar-refractivity contribution in [3.63, 3.8) is 0 Å². The molecule has 0 saturated heterocycles. The maximum Gasteiger partial charge on any atom is 0.306 e. The first-order valence-electron chi connectivity index (χ1n) is 7.03. The Labute approximate surface area is 136 Å². The second kappa shape index (κ2) is 8.33. The molecule has 1 aromatic carbocycles. The molecule has 0 spiro atoms. The number of carbonyl (C=O) groups excluding carboxylic acids is 2. The lowest BCUT2D eigenvalue weighted by Gasteiger charge is -2.05. The van der Waals surface area contributed by atoms with E-state index in [1.807, 2.05) is 0 Å². The number of nitrogens with zero attached hydrogens (tertiary/aromatic N) is 2. The zero-order valence-electron chi connectivity index (χ0n) is 12.5. The van der Waals surface area contributed by atoms with Crippen molar-refractivity contribution < 1.29 is 18.7 Å². The van der Waals surface area contributed by atoms with Crippen LogP contribution in [0, 0.1) is 12.7 Å². The molecule has 0 atom stereocenters. The summed E-state index contributed by atoms with van der Waals surface area (Å²) in [5.41, 5.74) is 0.324. The molecule has 1 N–H and O–H groups in total. The quantitative estimate of drug-likeness (QED) is 0.786. The van der Waals surface area contributed by atoms with Gasteiger partial charge in [-0.3, -0.25) is 9.59 Å². The number of aryl methyl sites for hydroxylation is 1. The van der Waals surface area contributed by atoms with Crippen LogP contribution in [0.1, 0.15) is 29.8 Å². The SMILES string of the molecule is Cc1nnc(NC(=O)CCCC(=O)OCc2ccccc2F)s1. The molecule has 6 nitrogen and oxygen atoms in total. The topological polar surface area (TPSA) is 81.2 Å². The number of hydrogen-bond donors (Lipinski definition) is 1. The second-order valence-electron chi connectivity index (χ2n) is 4.78. The highest BCUT2D eigenvalue weighted by Crippen LogP contribution is 2.14. The summed E-state index contributed by atoms with van der Waals surface area (Å²) in [6.45, 7) is 1.68. The Hall–Kier alpha value is -2.35. The summed E-state index contributed by atoms with van der Waals surface area (Å²) in [6.07, 6.45) is 0.615. The van der Waals surface area contributed by atoms with E-state index in [0.29, 0.717) is 17.1 Å². The third kappa shape index (κ3) is 5.74. The fraction of sp³-hybridized carbons (Fsp3) is 0.333. The van der Waals surface area contributed by atoms with Crippen molar-refractivity contribution in [1.29, 1.82) is 0 Å². The molecular formula is C15H16FN3O3S. The maximum atomic E-state index is 13.4. The molecule has 0 bridgehead atoms. The Bertz CT molecular complexity index is 690. The smallest absolute Gasteiger partial charge is 0.306 e. The number of ether oxygens (including phenoxy) is 1. The van der Waals surface area contributed by atoms with E-state index in [9.17, 15) is 14.0 Å². The summed E-state index contributed by atoms with van der Waals surface area (Å²) in [6, 6.07) is 6.10. The van der Waals surface area contributed by atoms with Crippen molar-refractivity contribution in [3.8, 4) is 0 Å². The maximum absolute atomic E-state index is 13.4. The number of aromatic nitrogens is 2. The number of carbonyl (C=O) groups is 2. The molecule has 0 aliphatic heterocycles. The molecule has 1 aromatic heterocycles. The highest BCUT2D eigenvalue weighted by atomic mass is 32.1. The predicted molar refractivity (Wildman–Crippen MR) is 83.3 cm³/mol. The first-order valence-corrected chi connectivity index (χ1v) is 7.85. The molecule has 0 radical (unpaired) electrons. The van der Waals surface area contributed by atoms with E-state index < -0.39 is 11.8 Å². The Kier molecular flexibility index (Phi) is 6.16. The molecule has 0 saturated carbocycles. The van der Waals surface area contributed by atoms with Gasteiger partial charge in [0.1, 0.15) is 17.4 Å². The van der Waals surface area contributed by atoms with Crippen molar-refractivity contribution in [2.75, 3.05) is 5.32 Å². The van der Waals surface area contributed by atoms with Crippen LogP contribution in [0.3, 0.4) is 0 Å². The Balaban J connectivity index is 1.64. The van der Waals surface area contributed by atoms with Crippen LogP contribution in [0.5, 0.6) is 0 Å². The van der Waals surface area contributed by atoms with Crippen molar-refractivity contribution in [2.24, 2.45) is 0 Å². The summed E-state index contributed by atoms with van der Waals surface area (Å²) in [5, 5.41) is 11.4. The number of rotatable bonds is 7. The zero-order valence-corrected chi connectivity index (χ0v) is 13.4. The molecule has 122 valence electrons. The van der Waals surface area contributed by atoms with Crippen LogP contribution in [0.4, 0.5) is 9.52 Å². The van der Waals surface area contributed by atoms with E-state index in [4.69, 9.17) is 4.74 Å². The number of halogens is 1. The highest BCUT2D eigenvalue weighted by molar-refractivity contribution is 7.15. The molecule has 2 aromatic rings. The number of esters is 1. The average molecular weight is 337 g/mol. The fourth-order valence-corrected chi connectivity index (χ4v) is 2.38. The van der Waals surface area contributed by atoms with Crippen LogP contribution < -0.4 is 5.32 Å². The number of hydrogen-bond acceptors (Lipinski definition) is 6. The lowest BCUT2D eigenvalue weighted by molar-refractivity contribution is -0.145. The van der Waals surface area contributed by atoms with E-state index in [1.165, 1.54) is 17.4 Å². The molecular weight excluding hydrogens is 321 g/mol. The van der Waals surface area contributed by atoms with Gasteiger partial charge in [-0.2, -0.15) is 0 Å². The molecule has 2 rings (SSSR count). The van der Waals surface area contributed by atoms with E-state index >= 15 is 0 Å². The Morgan fingerprint density at radius 2 is 2.04 bits per heavy atom.